The van der Waals surface area contributed by atoms with Crippen LogP contribution in [0.5, 0.6) is 0 Å². The zero-order valence-electron chi connectivity index (χ0n) is 10.7. The molecule has 6 heteroatoms. The van der Waals surface area contributed by atoms with Crippen LogP contribution in [0.3, 0.4) is 0 Å². The molecular weight excluding hydrogens is 268 g/mol. The van der Waals surface area contributed by atoms with E-state index in [9.17, 15) is 14.7 Å². The Morgan fingerprint density at radius 1 is 1.42 bits per heavy atom. The highest BCUT2D eigenvalue weighted by Gasteiger charge is 2.52. The van der Waals surface area contributed by atoms with Gasteiger partial charge in [0, 0.05) is 23.7 Å². The smallest absolute Gasteiger partial charge is 0.328 e. The number of aliphatic hydroxyl groups excluding tert-OH is 1. The van der Waals surface area contributed by atoms with Crippen molar-refractivity contribution >= 4 is 11.6 Å². The molecule has 0 aromatic carbocycles. The van der Waals surface area contributed by atoms with E-state index in [1.807, 2.05) is 0 Å². The van der Waals surface area contributed by atoms with E-state index < -0.39 is 0 Å². The lowest BCUT2D eigenvalue weighted by Crippen LogP contribution is -2.33. The zero-order chi connectivity index (χ0) is 13.7. The van der Waals surface area contributed by atoms with Crippen LogP contribution < -0.4 is 11.2 Å². The van der Waals surface area contributed by atoms with Gasteiger partial charge in [-0.3, -0.25) is 9.78 Å². The number of rotatable bonds is 2. The van der Waals surface area contributed by atoms with Gasteiger partial charge in [-0.1, -0.05) is 0 Å². The van der Waals surface area contributed by atoms with Crippen molar-refractivity contribution in [2.75, 3.05) is 0 Å². The van der Waals surface area contributed by atoms with Crippen LogP contribution in [0.4, 0.5) is 0 Å². The number of fused-ring (bicyclic) bond motifs is 2. The fourth-order valence-corrected chi connectivity index (χ4v) is 4.16. The van der Waals surface area contributed by atoms with Gasteiger partial charge in [0.25, 0.3) is 5.56 Å². The number of hydrogen-bond donors (Lipinski definition) is 2. The monoisotopic (exact) mass is 284 g/mol. The molecule has 1 heterocycles. The van der Waals surface area contributed by atoms with E-state index in [0.29, 0.717) is 12.1 Å². The van der Waals surface area contributed by atoms with Gasteiger partial charge in [-0.15, -0.1) is 11.6 Å². The second-order valence-electron chi connectivity index (χ2n) is 5.77. The van der Waals surface area contributed by atoms with Crippen molar-refractivity contribution in [1.29, 1.82) is 0 Å². The van der Waals surface area contributed by atoms with Crippen LogP contribution in [0, 0.1) is 24.7 Å². The van der Waals surface area contributed by atoms with Crippen molar-refractivity contribution in [3.8, 4) is 0 Å². The summed E-state index contributed by atoms with van der Waals surface area (Å²) in [5.41, 5.74) is -0.207. The van der Waals surface area contributed by atoms with E-state index in [-0.39, 0.29) is 40.5 Å². The first-order valence-corrected chi connectivity index (χ1v) is 7.03. The molecule has 1 aromatic rings. The van der Waals surface area contributed by atoms with Gasteiger partial charge < -0.3 is 9.67 Å². The number of hydrogen-bond acceptors (Lipinski definition) is 3. The third kappa shape index (κ3) is 2.05. The average Bonchev–Trinajstić information content (AvgIpc) is 2.79. The van der Waals surface area contributed by atoms with Gasteiger partial charge in [0.15, 0.2) is 0 Å². The van der Waals surface area contributed by atoms with Crippen LogP contribution in [-0.4, -0.2) is 26.1 Å². The van der Waals surface area contributed by atoms with Gasteiger partial charge in [0.2, 0.25) is 0 Å². The Balaban J connectivity index is 1.89. The maximum atomic E-state index is 11.8. The first-order chi connectivity index (χ1) is 8.97. The molecule has 5 atom stereocenters. The molecule has 2 aliphatic carbocycles. The van der Waals surface area contributed by atoms with Crippen molar-refractivity contribution < 1.29 is 5.11 Å². The van der Waals surface area contributed by atoms with Crippen LogP contribution in [0.2, 0.25) is 0 Å². The van der Waals surface area contributed by atoms with Crippen molar-refractivity contribution in [2.45, 2.75) is 37.8 Å². The Morgan fingerprint density at radius 3 is 2.79 bits per heavy atom. The summed E-state index contributed by atoms with van der Waals surface area (Å²) in [5.74, 6) is 0.660. The molecule has 2 aliphatic rings. The summed E-state index contributed by atoms with van der Waals surface area (Å²) in [5, 5.41) is 10.0. The molecule has 2 fully saturated rings. The number of aliphatic hydroxyl groups is 1. The number of nitrogens with zero attached hydrogens (tertiary/aromatic N) is 1. The number of H-pyrrole nitrogens is 1. The predicted octanol–water partition coefficient (Wildman–Crippen LogP) is 0.469. The van der Waals surface area contributed by atoms with Crippen LogP contribution in [0.1, 0.15) is 18.4 Å². The Hall–Kier alpha value is -1.07. The summed E-state index contributed by atoms with van der Waals surface area (Å²) >= 11 is 6.28. The third-order valence-electron chi connectivity index (χ3n) is 4.67. The predicted molar refractivity (Wildman–Crippen MR) is 71.4 cm³/mol. The summed E-state index contributed by atoms with van der Waals surface area (Å²) in [6.07, 6.45) is 2.83. The molecule has 0 radical (unpaired) electrons. The number of nitrogens with one attached hydrogen (secondary N) is 1. The summed E-state index contributed by atoms with van der Waals surface area (Å²) in [4.78, 5) is 25.4. The van der Waals surface area contributed by atoms with Gasteiger partial charge >= 0.3 is 5.69 Å². The lowest BCUT2D eigenvalue weighted by atomic mass is 9.97. The molecule has 0 aliphatic heterocycles. The summed E-state index contributed by atoms with van der Waals surface area (Å²) in [7, 11) is 0. The highest BCUT2D eigenvalue weighted by Crippen LogP contribution is 2.52. The largest absolute Gasteiger partial charge is 0.393 e. The minimum Gasteiger partial charge on any atom is -0.393 e. The molecule has 5 nitrogen and oxygen atoms in total. The first kappa shape index (κ1) is 12.9. The van der Waals surface area contributed by atoms with Crippen LogP contribution in [0.15, 0.2) is 15.8 Å². The lowest BCUT2D eigenvalue weighted by molar-refractivity contribution is 0.106. The molecule has 0 saturated heterocycles. The van der Waals surface area contributed by atoms with Crippen LogP contribution in [-0.2, 0) is 6.54 Å². The Labute approximate surface area is 115 Å². The molecule has 3 rings (SSSR count). The van der Waals surface area contributed by atoms with E-state index in [1.165, 1.54) is 4.57 Å². The summed E-state index contributed by atoms with van der Waals surface area (Å²) in [6, 6.07) is 0. The van der Waals surface area contributed by atoms with Crippen molar-refractivity contribution in [3.05, 3.63) is 32.6 Å². The number of aromatic nitrogens is 2. The summed E-state index contributed by atoms with van der Waals surface area (Å²) in [6.45, 7) is 2.20. The zero-order valence-corrected chi connectivity index (χ0v) is 11.4. The van der Waals surface area contributed by atoms with Gasteiger partial charge in [0.05, 0.1) is 6.10 Å². The molecule has 0 amide bonds. The number of alkyl halides is 1. The third-order valence-corrected chi connectivity index (χ3v) is 5.17. The van der Waals surface area contributed by atoms with Gasteiger partial charge in [0.1, 0.15) is 0 Å². The minimum absolute atomic E-state index is 0.0953. The van der Waals surface area contributed by atoms with Crippen molar-refractivity contribution in [1.82, 2.24) is 9.55 Å². The highest BCUT2D eigenvalue weighted by atomic mass is 35.5. The first-order valence-electron chi connectivity index (χ1n) is 6.60. The van der Waals surface area contributed by atoms with E-state index in [1.54, 1.807) is 13.1 Å². The molecule has 2 N–H and O–H groups in total. The SMILES string of the molecule is Cc1cn(C[C@H]2[C@@H]3CC(O)[C@H]2C[C@@H]3Cl)c(=O)[nH]c1=O. The van der Waals surface area contributed by atoms with Gasteiger partial charge in [-0.05, 0) is 37.5 Å². The molecular formula is C13H17ClN2O3. The fourth-order valence-electron chi connectivity index (χ4n) is 3.67. The average molecular weight is 285 g/mol. The number of aromatic amines is 1. The van der Waals surface area contributed by atoms with E-state index in [4.69, 9.17) is 11.6 Å². The molecule has 104 valence electrons. The number of aryl methyl sites for hydroxylation is 1. The van der Waals surface area contributed by atoms with Gasteiger partial charge in [-0.2, -0.15) is 0 Å². The minimum atomic E-state index is -0.387. The highest BCUT2D eigenvalue weighted by molar-refractivity contribution is 6.21. The number of halogens is 1. The summed E-state index contributed by atoms with van der Waals surface area (Å²) < 4.78 is 1.54. The van der Waals surface area contributed by atoms with Crippen molar-refractivity contribution in [3.63, 3.8) is 0 Å². The molecule has 1 unspecified atom stereocenters. The second kappa shape index (κ2) is 4.49. The maximum Gasteiger partial charge on any atom is 0.328 e. The Morgan fingerprint density at radius 2 is 2.16 bits per heavy atom. The second-order valence-corrected chi connectivity index (χ2v) is 6.33. The normalized spacial score (nSPS) is 36.9. The van der Waals surface area contributed by atoms with Gasteiger partial charge in [-0.25, -0.2) is 4.79 Å². The van der Waals surface area contributed by atoms with Crippen molar-refractivity contribution in [2.24, 2.45) is 17.8 Å². The van der Waals surface area contributed by atoms with E-state index in [2.05, 4.69) is 4.98 Å². The van der Waals surface area contributed by atoms with Crippen LogP contribution in [0.25, 0.3) is 0 Å². The standard InChI is InChI=1S/C13H17ClN2O3/c1-6-4-16(13(19)15-12(6)18)5-9-7-3-11(17)8(9)2-10(7)14/h4,7-11,17H,2-3,5H2,1H3,(H,15,18,19)/t7-,8-,9-,10-,11?/m0/s1. The fraction of sp³-hybridized carbons (Fsp3) is 0.692. The molecule has 19 heavy (non-hydrogen) atoms. The molecule has 1 aromatic heterocycles. The molecule has 0 spiro atoms. The molecule has 2 saturated carbocycles. The van der Waals surface area contributed by atoms with Crippen LogP contribution >= 0.6 is 11.6 Å². The molecule has 2 bridgehead atoms. The maximum absolute atomic E-state index is 11.8. The van der Waals surface area contributed by atoms with E-state index >= 15 is 0 Å². The lowest BCUT2D eigenvalue weighted by Gasteiger charge is -2.19. The van der Waals surface area contributed by atoms with E-state index in [0.717, 1.165) is 12.8 Å². The Kier molecular flexibility index (Phi) is 3.06. The Bertz CT molecular complexity index is 593. The topological polar surface area (TPSA) is 75.1 Å². The quantitative estimate of drug-likeness (QED) is 0.775.